The number of methoxy groups -OCH3 is 1. The van der Waals surface area contributed by atoms with E-state index in [1.165, 1.54) is 0 Å². The Bertz CT molecular complexity index is 395. The third-order valence-electron chi connectivity index (χ3n) is 3.25. The van der Waals surface area contributed by atoms with Gasteiger partial charge in [0.25, 0.3) is 0 Å². The van der Waals surface area contributed by atoms with E-state index in [1.807, 2.05) is 19.1 Å². The molecule has 17 heavy (non-hydrogen) atoms. The topological polar surface area (TPSA) is 57.4 Å². The van der Waals surface area contributed by atoms with Crippen LogP contribution in [0.2, 0.25) is 0 Å². The summed E-state index contributed by atoms with van der Waals surface area (Å²) in [5.74, 6) is 0.858. The molecule has 3 atom stereocenters. The fourth-order valence-corrected chi connectivity index (χ4v) is 2.18. The first-order valence-electron chi connectivity index (χ1n) is 6.07. The van der Waals surface area contributed by atoms with E-state index >= 15 is 0 Å². The standard InChI is InChI=1S/C13H20N2O2/c1-4-10-11(6-5-8(2)15-10)17-12-7-9(14)13(12)16-3/h5-6,9,12-13H,4,7,14H2,1-3H3. The molecule has 94 valence electrons. The van der Waals surface area contributed by atoms with Crippen LogP contribution in [0.4, 0.5) is 0 Å². The second kappa shape index (κ2) is 5.02. The molecule has 4 nitrogen and oxygen atoms in total. The normalized spacial score (nSPS) is 27.6. The molecule has 0 spiro atoms. The van der Waals surface area contributed by atoms with Gasteiger partial charge in [-0.1, -0.05) is 6.92 Å². The van der Waals surface area contributed by atoms with Crippen molar-refractivity contribution >= 4 is 0 Å². The van der Waals surface area contributed by atoms with Gasteiger partial charge in [-0.25, -0.2) is 0 Å². The molecule has 1 fully saturated rings. The highest BCUT2D eigenvalue weighted by Crippen LogP contribution is 2.29. The molecule has 0 radical (unpaired) electrons. The fraction of sp³-hybridized carbons (Fsp3) is 0.615. The fourth-order valence-electron chi connectivity index (χ4n) is 2.18. The van der Waals surface area contributed by atoms with Gasteiger partial charge in [0.1, 0.15) is 18.0 Å². The van der Waals surface area contributed by atoms with Crippen molar-refractivity contribution in [2.45, 2.75) is 44.9 Å². The van der Waals surface area contributed by atoms with E-state index in [4.69, 9.17) is 15.2 Å². The second-order valence-electron chi connectivity index (χ2n) is 4.51. The molecule has 2 N–H and O–H groups in total. The summed E-state index contributed by atoms with van der Waals surface area (Å²) < 4.78 is 11.2. The molecular formula is C13H20N2O2. The van der Waals surface area contributed by atoms with E-state index in [0.29, 0.717) is 0 Å². The molecule has 1 aliphatic rings. The number of hydrogen-bond donors (Lipinski definition) is 1. The number of aryl methyl sites for hydroxylation is 2. The Morgan fingerprint density at radius 3 is 2.82 bits per heavy atom. The summed E-state index contributed by atoms with van der Waals surface area (Å²) in [5, 5.41) is 0. The quantitative estimate of drug-likeness (QED) is 0.859. The van der Waals surface area contributed by atoms with Crippen LogP contribution in [-0.4, -0.2) is 30.3 Å². The largest absolute Gasteiger partial charge is 0.486 e. The van der Waals surface area contributed by atoms with E-state index in [2.05, 4.69) is 11.9 Å². The van der Waals surface area contributed by atoms with E-state index < -0.39 is 0 Å². The van der Waals surface area contributed by atoms with Crippen LogP contribution in [0.15, 0.2) is 12.1 Å². The Hall–Kier alpha value is -1.13. The minimum atomic E-state index is 0.000934. The van der Waals surface area contributed by atoms with Gasteiger partial charge >= 0.3 is 0 Å². The van der Waals surface area contributed by atoms with Gasteiger partial charge in [0.2, 0.25) is 0 Å². The van der Waals surface area contributed by atoms with Crippen LogP contribution in [0.3, 0.4) is 0 Å². The highest BCUT2D eigenvalue weighted by Gasteiger charge is 2.41. The van der Waals surface area contributed by atoms with Crippen molar-refractivity contribution in [1.82, 2.24) is 4.98 Å². The predicted molar refractivity (Wildman–Crippen MR) is 66.2 cm³/mol. The number of ether oxygens (including phenoxy) is 2. The van der Waals surface area contributed by atoms with Crippen molar-refractivity contribution in [2.75, 3.05) is 7.11 Å². The lowest BCUT2D eigenvalue weighted by molar-refractivity contribution is -0.0786. The average molecular weight is 236 g/mol. The molecule has 1 aromatic rings. The van der Waals surface area contributed by atoms with E-state index in [0.717, 1.165) is 30.0 Å². The highest BCUT2D eigenvalue weighted by molar-refractivity contribution is 5.30. The van der Waals surface area contributed by atoms with E-state index in [-0.39, 0.29) is 18.2 Å². The van der Waals surface area contributed by atoms with Crippen molar-refractivity contribution in [1.29, 1.82) is 0 Å². The molecular weight excluding hydrogens is 216 g/mol. The van der Waals surface area contributed by atoms with Crippen molar-refractivity contribution in [3.05, 3.63) is 23.5 Å². The summed E-state index contributed by atoms with van der Waals surface area (Å²) in [5.41, 5.74) is 7.87. The molecule has 2 rings (SSSR count). The summed E-state index contributed by atoms with van der Waals surface area (Å²) in [6, 6.07) is 4.04. The summed E-state index contributed by atoms with van der Waals surface area (Å²) in [6.45, 7) is 4.06. The molecule has 0 saturated heterocycles. The third kappa shape index (κ3) is 2.42. The van der Waals surface area contributed by atoms with Gasteiger partial charge in [-0.2, -0.15) is 0 Å². The van der Waals surface area contributed by atoms with Gasteiger partial charge < -0.3 is 15.2 Å². The molecule has 1 heterocycles. The summed E-state index contributed by atoms with van der Waals surface area (Å²) in [6.07, 6.45) is 1.77. The zero-order chi connectivity index (χ0) is 12.4. The van der Waals surface area contributed by atoms with Crippen molar-refractivity contribution in [3.8, 4) is 5.75 Å². The predicted octanol–water partition coefficient (Wildman–Crippen LogP) is 1.45. The van der Waals surface area contributed by atoms with Gasteiger partial charge in [0, 0.05) is 25.3 Å². The molecule has 0 aromatic carbocycles. The molecule has 0 bridgehead atoms. The van der Waals surface area contributed by atoms with Gasteiger partial charge in [0.15, 0.2) is 0 Å². The van der Waals surface area contributed by atoms with Crippen LogP contribution in [0, 0.1) is 6.92 Å². The molecule has 3 unspecified atom stereocenters. The lowest BCUT2D eigenvalue weighted by atomic mass is 9.86. The minimum absolute atomic E-state index is 0.000934. The first-order valence-corrected chi connectivity index (χ1v) is 6.07. The molecule has 0 amide bonds. The van der Waals surface area contributed by atoms with Crippen LogP contribution >= 0.6 is 0 Å². The smallest absolute Gasteiger partial charge is 0.141 e. The SMILES string of the molecule is CCc1nc(C)ccc1OC1CC(N)C1OC. The minimum Gasteiger partial charge on any atom is -0.486 e. The van der Waals surface area contributed by atoms with Crippen LogP contribution in [0.25, 0.3) is 0 Å². The van der Waals surface area contributed by atoms with E-state index in [9.17, 15) is 0 Å². The number of hydrogen-bond acceptors (Lipinski definition) is 4. The van der Waals surface area contributed by atoms with Crippen LogP contribution in [-0.2, 0) is 11.2 Å². The summed E-state index contributed by atoms with van der Waals surface area (Å²) in [4.78, 5) is 4.48. The first-order chi connectivity index (χ1) is 8.15. The van der Waals surface area contributed by atoms with Crippen molar-refractivity contribution < 1.29 is 9.47 Å². The van der Waals surface area contributed by atoms with Crippen LogP contribution in [0.5, 0.6) is 5.75 Å². The number of nitrogens with two attached hydrogens (primary N) is 1. The van der Waals surface area contributed by atoms with Crippen molar-refractivity contribution in [3.63, 3.8) is 0 Å². The molecule has 1 aliphatic carbocycles. The molecule has 1 saturated carbocycles. The van der Waals surface area contributed by atoms with Gasteiger partial charge in [-0.05, 0) is 25.5 Å². The van der Waals surface area contributed by atoms with Crippen LogP contribution in [0.1, 0.15) is 24.7 Å². The van der Waals surface area contributed by atoms with Crippen LogP contribution < -0.4 is 10.5 Å². The molecule has 0 aliphatic heterocycles. The van der Waals surface area contributed by atoms with Gasteiger partial charge in [-0.15, -0.1) is 0 Å². The Kier molecular flexibility index (Phi) is 3.64. The lowest BCUT2D eigenvalue weighted by Gasteiger charge is -2.41. The maximum absolute atomic E-state index is 5.93. The number of rotatable bonds is 4. The average Bonchev–Trinajstić information content (AvgIpc) is 2.30. The Morgan fingerprint density at radius 2 is 2.24 bits per heavy atom. The third-order valence-corrected chi connectivity index (χ3v) is 3.25. The molecule has 1 aromatic heterocycles. The van der Waals surface area contributed by atoms with Gasteiger partial charge in [0.05, 0.1) is 5.69 Å². The zero-order valence-electron chi connectivity index (χ0n) is 10.6. The number of nitrogens with zero attached hydrogens (tertiary/aromatic N) is 1. The first kappa shape index (κ1) is 12.3. The molecule has 4 heteroatoms. The maximum Gasteiger partial charge on any atom is 0.141 e. The van der Waals surface area contributed by atoms with Crippen molar-refractivity contribution in [2.24, 2.45) is 5.73 Å². The Labute approximate surface area is 102 Å². The summed E-state index contributed by atoms with van der Waals surface area (Å²) >= 11 is 0. The number of pyridine rings is 1. The Balaban J connectivity index is 2.09. The second-order valence-corrected chi connectivity index (χ2v) is 4.51. The zero-order valence-corrected chi connectivity index (χ0v) is 10.6. The van der Waals surface area contributed by atoms with E-state index in [1.54, 1.807) is 7.11 Å². The lowest BCUT2D eigenvalue weighted by Crippen LogP contribution is -2.59. The number of aromatic nitrogens is 1. The highest BCUT2D eigenvalue weighted by atomic mass is 16.5. The van der Waals surface area contributed by atoms with Gasteiger partial charge in [-0.3, -0.25) is 4.98 Å². The monoisotopic (exact) mass is 236 g/mol. The maximum atomic E-state index is 5.93. The summed E-state index contributed by atoms with van der Waals surface area (Å²) in [7, 11) is 1.67. The Morgan fingerprint density at radius 1 is 1.47 bits per heavy atom.